The first kappa shape index (κ1) is 17.9. The summed E-state index contributed by atoms with van der Waals surface area (Å²) in [5.74, 6) is -0.413. The van der Waals surface area contributed by atoms with Crippen molar-refractivity contribution in [2.75, 3.05) is 13.2 Å². The van der Waals surface area contributed by atoms with Gasteiger partial charge in [-0.3, -0.25) is 0 Å². The zero-order chi connectivity index (χ0) is 15.6. The number of hydrogen-bond acceptors (Lipinski definition) is 4. The molecule has 0 spiro atoms. The number of ether oxygens (including phenoxy) is 2. The minimum absolute atomic E-state index is 0.00621. The molecule has 1 fully saturated rings. The van der Waals surface area contributed by atoms with Crippen LogP contribution in [0.25, 0.3) is 0 Å². The van der Waals surface area contributed by atoms with Crippen LogP contribution in [0.3, 0.4) is 0 Å². The number of halogens is 1. The number of carbonyl (C=O) groups excluding carboxylic acids is 1. The standard InChI is InChI=1S/C14H23INO4/c1-10(15)12(17)20-7-6-19-11-8-13(2,3)16(18)14(4,5)9-11/h11H,1,6-9H2,2-5H3. The van der Waals surface area contributed by atoms with Gasteiger partial charge < -0.3 is 9.47 Å². The highest BCUT2D eigenvalue weighted by atomic mass is 127. The molecule has 0 aromatic heterocycles. The fraction of sp³-hybridized carbons (Fsp3) is 0.786. The Hall–Kier alpha value is -0.180. The van der Waals surface area contributed by atoms with E-state index in [2.05, 4.69) is 6.58 Å². The maximum atomic E-state index is 12.2. The van der Waals surface area contributed by atoms with E-state index in [1.165, 1.54) is 5.06 Å². The molecule has 115 valence electrons. The monoisotopic (exact) mass is 396 g/mol. The maximum Gasteiger partial charge on any atom is 0.343 e. The van der Waals surface area contributed by atoms with Crippen LogP contribution in [0.5, 0.6) is 0 Å². The van der Waals surface area contributed by atoms with Gasteiger partial charge in [0.15, 0.2) is 0 Å². The second-order valence-corrected chi connectivity index (χ2v) is 7.66. The summed E-state index contributed by atoms with van der Waals surface area (Å²) in [4.78, 5) is 11.2. The molecule has 1 aliphatic heterocycles. The molecule has 0 unspecified atom stereocenters. The van der Waals surface area contributed by atoms with Gasteiger partial charge in [0.05, 0.1) is 16.3 Å². The molecule has 6 heteroatoms. The molecular weight excluding hydrogens is 373 g/mol. The molecule has 1 rings (SSSR count). The second-order valence-electron chi connectivity index (χ2n) is 6.36. The van der Waals surface area contributed by atoms with E-state index in [1.807, 2.05) is 50.3 Å². The van der Waals surface area contributed by atoms with Gasteiger partial charge in [-0.1, -0.05) is 6.58 Å². The Kier molecular flexibility index (Phi) is 6.01. The summed E-state index contributed by atoms with van der Waals surface area (Å²) in [5.41, 5.74) is -0.890. The zero-order valence-electron chi connectivity index (χ0n) is 12.6. The van der Waals surface area contributed by atoms with Gasteiger partial charge in [0, 0.05) is 11.1 Å². The summed E-state index contributed by atoms with van der Waals surface area (Å²) in [6, 6.07) is 0. The zero-order valence-corrected chi connectivity index (χ0v) is 14.7. The summed E-state index contributed by atoms with van der Waals surface area (Å²) in [7, 11) is 0. The molecule has 0 saturated carbocycles. The third kappa shape index (κ3) is 4.68. The molecule has 0 aromatic carbocycles. The van der Waals surface area contributed by atoms with E-state index in [9.17, 15) is 10.0 Å². The molecule has 0 N–H and O–H groups in total. The SMILES string of the molecule is C=C(I)C(=O)OCCOC1CC(C)(C)N([O])C(C)(C)C1. The number of esters is 1. The van der Waals surface area contributed by atoms with Crippen LogP contribution < -0.4 is 0 Å². The molecule has 20 heavy (non-hydrogen) atoms. The number of rotatable bonds is 5. The minimum atomic E-state index is -0.445. The lowest BCUT2D eigenvalue weighted by Crippen LogP contribution is -2.59. The lowest BCUT2D eigenvalue weighted by molar-refractivity contribution is -0.301. The van der Waals surface area contributed by atoms with Gasteiger partial charge in [-0.2, -0.15) is 0 Å². The van der Waals surface area contributed by atoms with E-state index < -0.39 is 17.0 Å². The molecule has 5 nitrogen and oxygen atoms in total. The van der Waals surface area contributed by atoms with E-state index in [4.69, 9.17) is 9.47 Å². The molecular formula is C14H23INO4. The van der Waals surface area contributed by atoms with E-state index >= 15 is 0 Å². The van der Waals surface area contributed by atoms with Gasteiger partial charge in [0.1, 0.15) is 6.61 Å². The van der Waals surface area contributed by atoms with E-state index in [0.29, 0.717) is 23.0 Å². The Morgan fingerprint density at radius 1 is 1.25 bits per heavy atom. The topological polar surface area (TPSA) is 58.7 Å². The number of nitrogens with zero attached hydrogens (tertiary/aromatic N) is 1. The fourth-order valence-corrected chi connectivity index (χ4v) is 2.87. The van der Waals surface area contributed by atoms with Crippen LogP contribution >= 0.6 is 22.6 Å². The minimum Gasteiger partial charge on any atom is -0.459 e. The van der Waals surface area contributed by atoms with Crippen molar-refractivity contribution in [2.24, 2.45) is 0 Å². The van der Waals surface area contributed by atoms with Gasteiger partial charge in [-0.25, -0.2) is 4.79 Å². The molecule has 0 bridgehead atoms. The molecule has 1 heterocycles. The van der Waals surface area contributed by atoms with Crippen LogP contribution in [0.2, 0.25) is 0 Å². The van der Waals surface area contributed by atoms with Crippen LogP contribution in [-0.4, -0.2) is 41.4 Å². The molecule has 0 atom stereocenters. The Balaban J connectivity index is 2.42. The van der Waals surface area contributed by atoms with Gasteiger partial charge in [0.2, 0.25) is 0 Å². The highest BCUT2D eigenvalue weighted by Crippen LogP contribution is 2.38. The van der Waals surface area contributed by atoms with Gasteiger partial charge in [-0.05, 0) is 63.1 Å². The van der Waals surface area contributed by atoms with Gasteiger partial charge >= 0.3 is 5.97 Å². The highest BCUT2D eigenvalue weighted by molar-refractivity contribution is 14.1. The molecule has 1 radical (unpaired) electrons. The number of piperidine rings is 1. The van der Waals surface area contributed by atoms with Crippen molar-refractivity contribution in [1.82, 2.24) is 5.06 Å². The third-order valence-electron chi connectivity index (χ3n) is 3.45. The van der Waals surface area contributed by atoms with Gasteiger partial charge in [0.25, 0.3) is 0 Å². The first-order chi connectivity index (χ1) is 9.06. The third-order valence-corrected chi connectivity index (χ3v) is 3.89. The number of hydroxylamine groups is 2. The summed E-state index contributed by atoms with van der Waals surface area (Å²) >= 11 is 1.82. The molecule has 0 aromatic rings. The Bertz CT molecular complexity index is 363. The van der Waals surface area contributed by atoms with Crippen LogP contribution in [-0.2, 0) is 19.5 Å². The Morgan fingerprint density at radius 3 is 2.20 bits per heavy atom. The first-order valence-electron chi connectivity index (χ1n) is 6.67. The van der Waals surface area contributed by atoms with Crippen molar-refractivity contribution in [3.8, 4) is 0 Å². The van der Waals surface area contributed by atoms with Crippen molar-refractivity contribution in [3.63, 3.8) is 0 Å². The van der Waals surface area contributed by atoms with Crippen molar-refractivity contribution >= 4 is 28.6 Å². The molecule has 1 aliphatic rings. The lowest BCUT2D eigenvalue weighted by Gasteiger charge is -2.49. The predicted octanol–water partition coefficient (Wildman–Crippen LogP) is 2.86. The number of carbonyl (C=O) groups is 1. The Labute approximate surface area is 134 Å². The average molecular weight is 396 g/mol. The van der Waals surface area contributed by atoms with E-state index in [0.717, 1.165) is 0 Å². The summed E-state index contributed by atoms with van der Waals surface area (Å²) in [6.45, 7) is 11.8. The summed E-state index contributed by atoms with van der Waals surface area (Å²) < 4.78 is 11.1. The first-order valence-corrected chi connectivity index (χ1v) is 7.75. The highest BCUT2D eigenvalue weighted by Gasteiger charge is 2.46. The average Bonchev–Trinajstić information content (AvgIpc) is 2.30. The molecule has 1 saturated heterocycles. The van der Waals surface area contributed by atoms with Crippen LogP contribution in [0.15, 0.2) is 10.2 Å². The maximum absolute atomic E-state index is 12.2. The van der Waals surface area contributed by atoms with Crippen LogP contribution in [0.1, 0.15) is 40.5 Å². The van der Waals surface area contributed by atoms with Crippen LogP contribution in [0.4, 0.5) is 0 Å². The second kappa shape index (κ2) is 6.72. The Morgan fingerprint density at radius 2 is 1.75 bits per heavy atom. The molecule has 0 amide bonds. The fourth-order valence-electron chi connectivity index (χ4n) is 2.72. The quantitative estimate of drug-likeness (QED) is 0.310. The van der Waals surface area contributed by atoms with Crippen molar-refractivity contribution in [2.45, 2.75) is 57.7 Å². The smallest absolute Gasteiger partial charge is 0.343 e. The lowest BCUT2D eigenvalue weighted by atomic mass is 9.80. The summed E-state index contributed by atoms with van der Waals surface area (Å²) in [5, 5.41) is 13.4. The van der Waals surface area contributed by atoms with E-state index in [-0.39, 0.29) is 12.7 Å². The van der Waals surface area contributed by atoms with E-state index in [1.54, 1.807) is 0 Å². The molecule has 0 aliphatic carbocycles. The predicted molar refractivity (Wildman–Crippen MR) is 83.8 cm³/mol. The van der Waals surface area contributed by atoms with Crippen molar-refractivity contribution in [1.29, 1.82) is 0 Å². The number of hydrogen-bond donors (Lipinski definition) is 0. The van der Waals surface area contributed by atoms with Crippen LogP contribution in [0, 0.1) is 0 Å². The van der Waals surface area contributed by atoms with Gasteiger partial charge in [-0.15, -0.1) is 10.3 Å². The van der Waals surface area contributed by atoms with Crippen molar-refractivity contribution < 1.29 is 19.5 Å². The van der Waals surface area contributed by atoms with Crippen molar-refractivity contribution in [3.05, 3.63) is 10.2 Å². The summed E-state index contributed by atoms with van der Waals surface area (Å²) in [6.07, 6.45) is 1.35. The normalized spacial score (nSPS) is 22.5. The largest absolute Gasteiger partial charge is 0.459 e.